The van der Waals surface area contributed by atoms with E-state index < -0.39 is 5.60 Å². The highest BCUT2D eigenvalue weighted by Crippen LogP contribution is 2.36. The standard InChI is InChI=1S/C15H25FN2O/c1-5-15(6-2,19-7-3)14(18-17)12-10-11(4)8-9-13(12)16/h8-10,14,18H,5-7,17H2,1-4H3. The highest BCUT2D eigenvalue weighted by atomic mass is 19.1. The number of aryl methyl sites for hydroxylation is 1. The molecule has 0 saturated carbocycles. The Balaban J connectivity index is 3.26. The van der Waals surface area contributed by atoms with Gasteiger partial charge in [0.05, 0.1) is 11.6 Å². The molecule has 3 N–H and O–H groups in total. The van der Waals surface area contributed by atoms with Crippen molar-refractivity contribution in [3.8, 4) is 0 Å². The number of rotatable bonds is 7. The van der Waals surface area contributed by atoms with Crippen molar-refractivity contribution >= 4 is 0 Å². The predicted molar refractivity (Wildman–Crippen MR) is 76.1 cm³/mol. The third kappa shape index (κ3) is 3.32. The quantitative estimate of drug-likeness (QED) is 0.589. The molecule has 1 unspecified atom stereocenters. The van der Waals surface area contributed by atoms with Gasteiger partial charge in [0, 0.05) is 12.2 Å². The molecule has 1 aromatic rings. The summed E-state index contributed by atoms with van der Waals surface area (Å²) in [5, 5.41) is 0. The molecule has 0 radical (unpaired) electrons. The molecular formula is C15H25FN2O. The lowest BCUT2D eigenvalue weighted by molar-refractivity contribution is -0.0741. The van der Waals surface area contributed by atoms with E-state index in [0.717, 1.165) is 18.4 Å². The van der Waals surface area contributed by atoms with Gasteiger partial charge in [-0.1, -0.05) is 31.5 Å². The summed E-state index contributed by atoms with van der Waals surface area (Å²) in [7, 11) is 0. The highest BCUT2D eigenvalue weighted by Gasteiger charge is 2.38. The van der Waals surface area contributed by atoms with Crippen molar-refractivity contribution in [2.45, 2.75) is 52.2 Å². The maximum Gasteiger partial charge on any atom is 0.128 e. The number of benzene rings is 1. The molecule has 0 aliphatic rings. The van der Waals surface area contributed by atoms with Crippen LogP contribution in [0.5, 0.6) is 0 Å². The fourth-order valence-corrected chi connectivity index (χ4v) is 2.64. The first-order valence-electron chi connectivity index (χ1n) is 6.90. The summed E-state index contributed by atoms with van der Waals surface area (Å²) in [6.07, 6.45) is 1.53. The smallest absolute Gasteiger partial charge is 0.128 e. The first-order valence-corrected chi connectivity index (χ1v) is 6.90. The summed E-state index contributed by atoms with van der Waals surface area (Å²) in [5.74, 6) is 5.44. The van der Waals surface area contributed by atoms with Crippen LogP contribution >= 0.6 is 0 Å². The summed E-state index contributed by atoms with van der Waals surface area (Å²) < 4.78 is 20.0. The molecule has 0 spiro atoms. The topological polar surface area (TPSA) is 47.3 Å². The van der Waals surface area contributed by atoms with Crippen LogP contribution in [0.15, 0.2) is 18.2 Å². The van der Waals surface area contributed by atoms with E-state index in [2.05, 4.69) is 5.43 Å². The molecule has 0 heterocycles. The molecule has 3 nitrogen and oxygen atoms in total. The zero-order valence-corrected chi connectivity index (χ0v) is 12.3. The van der Waals surface area contributed by atoms with Crippen molar-refractivity contribution < 1.29 is 9.13 Å². The SMILES string of the molecule is CCOC(CC)(CC)C(NN)c1cc(C)ccc1F. The van der Waals surface area contributed by atoms with Gasteiger partial charge in [-0.25, -0.2) is 9.82 Å². The Bertz CT molecular complexity index is 405. The van der Waals surface area contributed by atoms with Crippen molar-refractivity contribution in [1.82, 2.24) is 5.43 Å². The predicted octanol–water partition coefficient (Wildman–Crippen LogP) is 3.23. The van der Waals surface area contributed by atoms with Gasteiger partial charge < -0.3 is 4.74 Å². The summed E-state index contributed by atoms with van der Waals surface area (Å²) in [6, 6.07) is 4.71. The fraction of sp³-hybridized carbons (Fsp3) is 0.600. The van der Waals surface area contributed by atoms with E-state index in [1.807, 2.05) is 33.8 Å². The van der Waals surface area contributed by atoms with Gasteiger partial charge in [-0.05, 0) is 32.8 Å². The first-order chi connectivity index (χ1) is 9.04. The Morgan fingerprint density at radius 2 is 1.95 bits per heavy atom. The van der Waals surface area contributed by atoms with Crippen LogP contribution in [0.3, 0.4) is 0 Å². The van der Waals surface area contributed by atoms with Crippen molar-refractivity contribution in [2.75, 3.05) is 6.61 Å². The molecule has 0 aliphatic carbocycles. The number of ether oxygens (including phenoxy) is 1. The van der Waals surface area contributed by atoms with Crippen LogP contribution < -0.4 is 11.3 Å². The molecule has 0 bridgehead atoms. The van der Waals surface area contributed by atoms with E-state index in [1.54, 1.807) is 6.07 Å². The Morgan fingerprint density at radius 1 is 1.32 bits per heavy atom. The molecule has 0 aliphatic heterocycles. The Kier molecular flexibility index (Phi) is 5.91. The first kappa shape index (κ1) is 16.1. The highest BCUT2D eigenvalue weighted by molar-refractivity contribution is 5.29. The van der Waals surface area contributed by atoms with E-state index in [4.69, 9.17) is 10.6 Å². The molecule has 0 amide bonds. The van der Waals surface area contributed by atoms with Crippen LogP contribution in [0.2, 0.25) is 0 Å². The van der Waals surface area contributed by atoms with Gasteiger partial charge in [-0.15, -0.1) is 0 Å². The molecule has 19 heavy (non-hydrogen) atoms. The summed E-state index contributed by atoms with van der Waals surface area (Å²) in [4.78, 5) is 0. The molecule has 1 atom stereocenters. The van der Waals surface area contributed by atoms with Crippen LogP contribution in [-0.2, 0) is 4.74 Å². The molecule has 1 aromatic carbocycles. The molecule has 0 aromatic heterocycles. The number of hydrogen-bond acceptors (Lipinski definition) is 3. The molecule has 0 saturated heterocycles. The normalized spacial score (nSPS) is 13.6. The number of nitrogens with one attached hydrogen (secondary N) is 1. The van der Waals surface area contributed by atoms with Gasteiger partial charge in [-0.3, -0.25) is 5.84 Å². The number of hydrazine groups is 1. The van der Waals surface area contributed by atoms with Crippen LogP contribution in [0.1, 0.15) is 50.8 Å². The van der Waals surface area contributed by atoms with Crippen LogP contribution in [-0.4, -0.2) is 12.2 Å². The van der Waals surface area contributed by atoms with E-state index in [-0.39, 0.29) is 11.9 Å². The average molecular weight is 268 g/mol. The van der Waals surface area contributed by atoms with E-state index in [0.29, 0.717) is 12.2 Å². The van der Waals surface area contributed by atoms with E-state index >= 15 is 0 Å². The second kappa shape index (κ2) is 6.98. The molecular weight excluding hydrogens is 243 g/mol. The lowest BCUT2D eigenvalue weighted by atomic mass is 9.83. The third-order valence-corrected chi connectivity index (χ3v) is 3.78. The van der Waals surface area contributed by atoms with Gasteiger partial charge in [0.2, 0.25) is 0 Å². The lowest BCUT2D eigenvalue weighted by Crippen LogP contribution is -2.48. The monoisotopic (exact) mass is 268 g/mol. The zero-order chi connectivity index (χ0) is 14.5. The maximum atomic E-state index is 14.1. The summed E-state index contributed by atoms with van der Waals surface area (Å²) in [5.41, 5.74) is 3.84. The Morgan fingerprint density at radius 3 is 2.42 bits per heavy atom. The average Bonchev–Trinajstić information content (AvgIpc) is 2.42. The van der Waals surface area contributed by atoms with Crippen LogP contribution in [0, 0.1) is 12.7 Å². The third-order valence-electron chi connectivity index (χ3n) is 3.78. The van der Waals surface area contributed by atoms with Crippen molar-refractivity contribution in [1.29, 1.82) is 0 Å². The van der Waals surface area contributed by atoms with E-state index in [1.165, 1.54) is 6.07 Å². The lowest BCUT2D eigenvalue weighted by Gasteiger charge is -2.39. The molecule has 1 rings (SSSR count). The number of hydrogen-bond donors (Lipinski definition) is 2. The molecule has 0 fully saturated rings. The van der Waals surface area contributed by atoms with Crippen molar-refractivity contribution in [3.05, 3.63) is 35.1 Å². The Labute approximate surface area is 115 Å². The minimum absolute atomic E-state index is 0.250. The largest absolute Gasteiger partial charge is 0.373 e. The van der Waals surface area contributed by atoms with E-state index in [9.17, 15) is 4.39 Å². The van der Waals surface area contributed by atoms with Gasteiger partial charge >= 0.3 is 0 Å². The second-order valence-corrected chi connectivity index (χ2v) is 4.83. The maximum absolute atomic E-state index is 14.1. The van der Waals surface area contributed by atoms with Crippen LogP contribution in [0.25, 0.3) is 0 Å². The van der Waals surface area contributed by atoms with Gasteiger partial charge in [-0.2, -0.15) is 0 Å². The summed E-state index contributed by atoms with van der Waals surface area (Å²) >= 11 is 0. The van der Waals surface area contributed by atoms with Crippen molar-refractivity contribution in [2.24, 2.45) is 5.84 Å². The molecule has 108 valence electrons. The van der Waals surface area contributed by atoms with Gasteiger partial charge in [0.1, 0.15) is 5.82 Å². The molecule has 4 heteroatoms. The fourth-order valence-electron chi connectivity index (χ4n) is 2.64. The van der Waals surface area contributed by atoms with Gasteiger partial charge in [0.15, 0.2) is 0 Å². The second-order valence-electron chi connectivity index (χ2n) is 4.83. The van der Waals surface area contributed by atoms with Crippen LogP contribution in [0.4, 0.5) is 4.39 Å². The van der Waals surface area contributed by atoms with Crippen molar-refractivity contribution in [3.63, 3.8) is 0 Å². The number of halogens is 1. The minimum atomic E-state index is -0.488. The van der Waals surface area contributed by atoms with Gasteiger partial charge in [0.25, 0.3) is 0 Å². The number of nitrogens with two attached hydrogens (primary N) is 1. The minimum Gasteiger partial charge on any atom is -0.373 e. The zero-order valence-electron chi connectivity index (χ0n) is 12.3. The summed E-state index contributed by atoms with van der Waals surface area (Å²) in [6.45, 7) is 8.54. The Hall–Kier alpha value is -0.970.